The Labute approximate surface area is 396 Å². The molecule has 3 saturated heterocycles. The standard InChI is InChI=1S/C56H53N5O7/c1-59(37-39-12-5-2-6-13-39)29-11-14-38-19-28-47-46(36-38)56(55(65)58-47)48(53(63)57-43-22-24-44(25-23-43)60-30-33-66-34-31-60)50-54(64)68-51(41-17-9-4-10-18-41)49(40-15-7-3-8-16-40)61(50)52(56)42-20-26-45(27-21-42)67-35-32-62/h2-10,12-13,15-28,36,48-52,62H,29-35,37H2,1H3,(H,57,63)(H,58,65). The number of hydrogen-bond donors (Lipinski definition) is 3. The minimum atomic E-state index is -1.70. The van der Waals surface area contributed by atoms with Gasteiger partial charge in [-0.05, 0) is 89.5 Å². The maximum atomic E-state index is 15.7. The van der Waals surface area contributed by atoms with Gasteiger partial charge in [0.25, 0.3) is 0 Å². The van der Waals surface area contributed by atoms with Gasteiger partial charge >= 0.3 is 5.97 Å². The number of benzene rings is 6. The van der Waals surface area contributed by atoms with Crippen molar-refractivity contribution in [1.29, 1.82) is 0 Å². The molecule has 12 nitrogen and oxygen atoms in total. The fraction of sp³-hybridized carbons (Fsp3) is 0.268. The van der Waals surface area contributed by atoms with Crippen molar-refractivity contribution in [3.8, 4) is 17.6 Å². The first-order chi connectivity index (χ1) is 33.3. The molecule has 0 aromatic heterocycles. The number of aliphatic hydroxyl groups excluding tert-OH is 1. The molecule has 68 heavy (non-hydrogen) atoms. The SMILES string of the molecule is CN(CC#Cc1ccc2c(c1)C1(C(=O)N2)C(C(=O)Nc2ccc(N3CCOCC3)cc2)C2C(=O)OC(c3ccccc3)C(c3ccccc3)N2C1c1ccc(OCCO)cc1)Cc1ccccc1. The van der Waals surface area contributed by atoms with Gasteiger partial charge in [0.2, 0.25) is 11.8 Å². The first-order valence-corrected chi connectivity index (χ1v) is 23.2. The van der Waals surface area contributed by atoms with E-state index in [0.717, 1.165) is 36.4 Å². The normalized spacial score (nSPS) is 23.0. The summed E-state index contributed by atoms with van der Waals surface area (Å²) in [6.45, 7) is 3.91. The number of cyclic esters (lactones) is 1. The third-order valence-corrected chi connectivity index (χ3v) is 13.5. The highest BCUT2D eigenvalue weighted by atomic mass is 16.6. The first kappa shape index (κ1) is 44.6. The zero-order valence-electron chi connectivity index (χ0n) is 37.8. The van der Waals surface area contributed by atoms with Gasteiger partial charge in [-0.25, -0.2) is 0 Å². The number of carbonyl (C=O) groups is 3. The summed E-state index contributed by atoms with van der Waals surface area (Å²) in [4.78, 5) is 53.1. The molecule has 6 aromatic rings. The molecule has 3 N–H and O–H groups in total. The maximum absolute atomic E-state index is 15.7. The molecule has 3 fully saturated rings. The number of morpholine rings is 2. The number of carbonyl (C=O) groups excluding carboxylic acids is 3. The summed E-state index contributed by atoms with van der Waals surface area (Å²) in [5, 5.41) is 15.9. The Balaban J connectivity index is 1.14. The van der Waals surface area contributed by atoms with Crippen molar-refractivity contribution in [2.75, 3.05) is 68.6 Å². The van der Waals surface area contributed by atoms with E-state index < -0.39 is 53.3 Å². The highest BCUT2D eigenvalue weighted by Crippen LogP contribution is 2.65. The van der Waals surface area contributed by atoms with Gasteiger partial charge in [-0.3, -0.25) is 24.2 Å². The van der Waals surface area contributed by atoms with Gasteiger partial charge in [0, 0.05) is 42.3 Å². The molecule has 10 rings (SSSR count). The highest BCUT2D eigenvalue weighted by Gasteiger charge is 2.74. The van der Waals surface area contributed by atoms with E-state index in [1.54, 1.807) is 12.1 Å². The topological polar surface area (TPSA) is 133 Å². The summed E-state index contributed by atoms with van der Waals surface area (Å²) in [5.74, 6) is 4.37. The van der Waals surface area contributed by atoms with Gasteiger partial charge in [0.15, 0.2) is 0 Å². The summed E-state index contributed by atoms with van der Waals surface area (Å²) < 4.78 is 18.0. The van der Waals surface area contributed by atoms with Crippen LogP contribution in [0, 0.1) is 17.8 Å². The number of aliphatic hydroxyl groups is 1. The Kier molecular flexibility index (Phi) is 12.8. The fourth-order valence-electron chi connectivity index (χ4n) is 10.6. The van der Waals surface area contributed by atoms with E-state index in [0.29, 0.717) is 53.6 Å². The van der Waals surface area contributed by atoms with Crippen LogP contribution in [0.25, 0.3) is 0 Å². The van der Waals surface area contributed by atoms with Crippen LogP contribution >= 0.6 is 0 Å². The van der Waals surface area contributed by atoms with Gasteiger partial charge < -0.3 is 34.9 Å². The van der Waals surface area contributed by atoms with Crippen molar-refractivity contribution < 1.29 is 33.7 Å². The minimum Gasteiger partial charge on any atom is -0.491 e. The molecule has 6 aromatic carbocycles. The van der Waals surface area contributed by atoms with Crippen LogP contribution in [-0.2, 0) is 35.8 Å². The second-order valence-electron chi connectivity index (χ2n) is 17.7. The second-order valence-corrected chi connectivity index (χ2v) is 17.7. The molecule has 0 bridgehead atoms. The number of fused-ring (bicyclic) bond motifs is 3. The Hall–Kier alpha value is -7.27. The summed E-state index contributed by atoms with van der Waals surface area (Å²) in [7, 11) is 2.02. The number of hydrogen-bond acceptors (Lipinski definition) is 10. The molecule has 344 valence electrons. The van der Waals surface area contributed by atoms with E-state index >= 15 is 14.4 Å². The Morgan fingerprint density at radius 3 is 2.19 bits per heavy atom. The van der Waals surface area contributed by atoms with Crippen LogP contribution in [-0.4, -0.2) is 91.8 Å². The number of rotatable bonds is 12. The molecule has 0 saturated carbocycles. The second kappa shape index (κ2) is 19.5. The third kappa shape index (κ3) is 8.50. The first-order valence-electron chi connectivity index (χ1n) is 23.2. The number of ether oxygens (including phenoxy) is 3. The lowest BCUT2D eigenvalue weighted by molar-refractivity contribution is -0.177. The van der Waals surface area contributed by atoms with Crippen molar-refractivity contribution in [2.45, 2.75) is 36.2 Å². The van der Waals surface area contributed by atoms with E-state index in [9.17, 15) is 5.11 Å². The number of anilines is 3. The largest absolute Gasteiger partial charge is 0.491 e. The Bertz CT molecular complexity index is 2810. The number of esters is 1. The van der Waals surface area contributed by atoms with Crippen LogP contribution < -0.4 is 20.3 Å². The monoisotopic (exact) mass is 907 g/mol. The molecule has 0 radical (unpaired) electrons. The predicted octanol–water partition coefficient (Wildman–Crippen LogP) is 7.29. The van der Waals surface area contributed by atoms with Gasteiger partial charge in [-0.2, -0.15) is 0 Å². The van der Waals surface area contributed by atoms with Gasteiger partial charge in [-0.15, -0.1) is 0 Å². The van der Waals surface area contributed by atoms with Gasteiger partial charge in [0.1, 0.15) is 29.9 Å². The van der Waals surface area contributed by atoms with Crippen LogP contribution in [0.4, 0.5) is 17.1 Å². The van der Waals surface area contributed by atoms with E-state index in [4.69, 9.17) is 14.2 Å². The Morgan fingerprint density at radius 1 is 0.824 bits per heavy atom. The van der Waals surface area contributed by atoms with Crippen molar-refractivity contribution >= 4 is 34.8 Å². The smallest absolute Gasteiger partial charge is 0.324 e. The van der Waals surface area contributed by atoms with E-state index in [-0.39, 0.29) is 13.2 Å². The lowest BCUT2D eigenvalue weighted by atomic mass is 9.65. The predicted molar refractivity (Wildman–Crippen MR) is 260 cm³/mol. The van der Waals surface area contributed by atoms with Gasteiger partial charge in [0.05, 0.1) is 44.4 Å². The average molecular weight is 908 g/mol. The van der Waals surface area contributed by atoms with Crippen LogP contribution in [0.5, 0.6) is 5.75 Å². The van der Waals surface area contributed by atoms with Crippen LogP contribution in [0.1, 0.15) is 51.6 Å². The van der Waals surface area contributed by atoms with E-state index in [2.05, 4.69) is 49.3 Å². The lowest BCUT2D eigenvalue weighted by Gasteiger charge is -2.46. The van der Waals surface area contributed by atoms with Crippen molar-refractivity contribution in [3.63, 3.8) is 0 Å². The van der Waals surface area contributed by atoms with Crippen molar-refractivity contribution in [3.05, 3.63) is 191 Å². The van der Waals surface area contributed by atoms with E-state index in [1.165, 1.54) is 5.56 Å². The zero-order chi connectivity index (χ0) is 46.6. The Morgan fingerprint density at radius 2 is 1.50 bits per heavy atom. The molecule has 4 aliphatic rings. The zero-order valence-corrected chi connectivity index (χ0v) is 37.8. The maximum Gasteiger partial charge on any atom is 0.324 e. The molecule has 12 heteroatoms. The summed E-state index contributed by atoms with van der Waals surface area (Å²) in [6, 6.07) is 47.5. The molecular weight excluding hydrogens is 855 g/mol. The van der Waals surface area contributed by atoms with Crippen LogP contribution in [0.15, 0.2) is 158 Å². The molecular formula is C56H53N5O7. The molecule has 2 amide bonds. The average Bonchev–Trinajstić information content (AvgIpc) is 3.86. The summed E-state index contributed by atoms with van der Waals surface area (Å²) in [5.41, 5.74) is 5.05. The van der Waals surface area contributed by atoms with Crippen LogP contribution in [0.3, 0.4) is 0 Å². The number of nitrogens with zero attached hydrogens (tertiary/aromatic N) is 3. The lowest BCUT2D eigenvalue weighted by Crippen LogP contribution is -2.53. The highest BCUT2D eigenvalue weighted by molar-refractivity contribution is 6.13. The van der Waals surface area contributed by atoms with Gasteiger partial charge in [-0.1, -0.05) is 115 Å². The molecule has 6 unspecified atom stereocenters. The van der Waals surface area contributed by atoms with Crippen LogP contribution in [0.2, 0.25) is 0 Å². The molecule has 4 aliphatic heterocycles. The number of amides is 2. The quantitative estimate of drug-likeness (QED) is 0.0850. The molecule has 0 aliphatic carbocycles. The van der Waals surface area contributed by atoms with Crippen molar-refractivity contribution in [1.82, 2.24) is 9.80 Å². The molecule has 4 heterocycles. The molecule has 6 atom stereocenters. The minimum absolute atomic E-state index is 0.0961. The number of nitrogens with one attached hydrogen (secondary N) is 2. The van der Waals surface area contributed by atoms with E-state index in [1.807, 2.05) is 141 Å². The molecule has 1 spiro atoms. The summed E-state index contributed by atoms with van der Waals surface area (Å²) in [6.07, 6.45) is -0.808. The third-order valence-electron chi connectivity index (χ3n) is 13.5. The summed E-state index contributed by atoms with van der Waals surface area (Å²) >= 11 is 0. The fourth-order valence-corrected chi connectivity index (χ4v) is 10.6. The van der Waals surface area contributed by atoms with Crippen molar-refractivity contribution in [2.24, 2.45) is 5.92 Å².